The number of benzene rings is 3. The summed E-state index contributed by atoms with van der Waals surface area (Å²) in [5.41, 5.74) is 12.5. The van der Waals surface area contributed by atoms with Crippen LogP contribution in [-0.4, -0.2) is 3.21 Å². The molecule has 1 heteroatoms. The van der Waals surface area contributed by atoms with E-state index in [1.54, 1.807) is 20.9 Å². The van der Waals surface area contributed by atoms with Crippen molar-refractivity contribution in [1.82, 2.24) is 0 Å². The van der Waals surface area contributed by atoms with Gasteiger partial charge in [-0.2, -0.15) is 0 Å². The van der Waals surface area contributed by atoms with Crippen LogP contribution in [-0.2, 0) is 38.5 Å². The molecule has 1 unspecified atom stereocenters. The Balaban J connectivity index is 1.84. The fraction of sp³-hybridized carbons (Fsp3) is 0.439. The molecule has 2 aliphatic rings. The van der Waals surface area contributed by atoms with Gasteiger partial charge < -0.3 is 0 Å². The van der Waals surface area contributed by atoms with Crippen molar-refractivity contribution in [3.05, 3.63) is 109 Å². The standard InChI is InChI=1S/C21H25.C12H19.C8H8.Zr/c1-20(2,3)16-7-9-18-14(12-16)11-15-13-17(21(4,5)6)8-10-19(15)18;1-5-6-10-7-8-11(9-10)12(2,3)4;1-2-8-6-4-3-5-7-8;/h7-10,12H,11H2,1-6H3;8-10H,5-6H2,1-4H3;3-7H,1H3;. The predicted molar refractivity (Wildman–Crippen MR) is 182 cm³/mol. The Labute approximate surface area is 264 Å². The first-order valence-corrected chi connectivity index (χ1v) is 19.8. The summed E-state index contributed by atoms with van der Waals surface area (Å²) in [7, 11) is 0. The molecule has 0 radical (unpaired) electrons. The van der Waals surface area contributed by atoms with E-state index in [0.29, 0.717) is 5.92 Å². The van der Waals surface area contributed by atoms with Gasteiger partial charge >= 0.3 is 266 Å². The second-order valence-electron chi connectivity index (χ2n) is 15.8. The van der Waals surface area contributed by atoms with Gasteiger partial charge in [0.15, 0.2) is 0 Å². The first-order chi connectivity index (χ1) is 19.6. The molecule has 0 aliphatic heterocycles. The van der Waals surface area contributed by atoms with E-state index >= 15 is 0 Å². The molecule has 1 atom stereocenters. The molecule has 0 spiro atoms. The van der Waals surface area contributed by atoms with Crippen molar-refractivity contribution in [3.8, 4) is 11.1 Å². The Kier molecular flexibility index (Phi) is 8.53. The Morgan fingerprint density at radius 2 is 1.45 bits per heavy atom. The van der Waals surface area contributed by atoms with Crippen LogP contribution in [0.2, 0.25) is 0 Å². The molecule has 0 fully saturated rings. The minimum atomic E-state index is -2.65. The topological polar surface area (TPSA) is 0 Å². The van der Waals surface area contributed by atoms with Crippen LogP contribution in [0.3, 0.4) is 0 Å². The molecule has 0 bridgehead atoms. The third kappa shape index (κ3) is 5.98. The van der Waals surface area contributed by atoms with Gasteiger partial charge in [-0.1, -0.05) is 0 Å². The maximum atomic E-state index is 2.69. The van der Waals surface area contributed by atoms with E-state index in [1.807, 2.05) is 0 Å². The van der Waals surface area contributed by atoms with E-state index in [-0.39, 0.29) is 16.2 Å². The fourth-order valence-corrected chi connectivity index (χ4v) is 16.0. The first-order valence-electron chi connectivity index (χ1n) is 16.1. The number of fused-ring (bicyclic) bond motifs is 3. The molecule has 42 heavy (non-hydrogen) atoms. The summed E-state index contributed by atoms with van der Waals surface area (Å²) in [6.45, 7) is 26.3. The van der Waals surface area contributed by atoms with Crippen molar-refractivity contribution in [2.75, 3.05) is 0 Å². The van der Waals surface area contributed by atoms with Crippen molar-refractivity contribution >= 4 is 6.48 Å². The number of rotatable bonds is 5. The quantitative estimate of drug-likeness (QED) is 0.205. The number of allylic oxidation sites excluding steroid dienone is 4. The molecule has 3 aromatic rings. The molecule has 5 rings (SSSR count). The van der Waals surface area contributed by atoms with E-state index in [0.717, 1.165) is 6.42 Å². The summed E-state index contributed by atoms with van der Waals surface area (Å²) < 4.78 is 5.21. The van der Waals surface area contributed by atoms with Gasteiger partial charge in [0.1, 0.15) is 0 Å². The van der Waals surface area contributed by atoms with Crippen molar-refractivity contribution in [3.63, 3.8) is 0 Å². The maximum absolute atomic E-state index is 2.69. The molecule has 0 saturated carbocycles. The van der Waals surface area contributed by atoms with Crippen LogP contribution in [0.15, 0.2) is 81.7 Å². The summed E-state index contributed by atoms with van der Waals surface area (Å²) in [5.74, 6) is 0.553. The Hall–Kier alpha value is -2.11. The normalized spacial score (nSPS) is 17.5. The number of hydrogen-bond acceptors (Lipinski definition) is 0. The van der Waals surface area contributed by atoms with Crippen LogP contribution >= 0.6 is 0 Å². The van der Waals surface area contributed by atoms with Crippen LogP contribution in [0.1, 0.15) is 117 Å². The molecule has 220 valence electrons. The van der Waals surface area contributed by atoms with Crippen LogP contribution in [0.25, 0.3) is 11.1 Å². The second kappa shape index (κ2) is 11.4. The fourth-order valence-electron chi connectivity index (χ4n) is 6.94. The molecule has 0 N–H and O–H groups in total. The van der Waals surface area contributed by atoms with Gasteiger partial charge in [-0.3, -0.25) is 0 Å². The molecule has 2 aliphatic carbocycles. The molecule has 3 aromatic carbocycles. The van der Waals surface area contributed by atoms with E-state index in [1.165, 1.54) is 46.2 Å². The van der Waals surface area contributed by atoms with Gasteiger partial charge in [0, 0.05) is 0 Å². The van der Waals surface area contributed by atoms with E-state index in [9.17, 15) is 0 Å². The second-order valence-corrected chi connectivity index (χ2v) is 22.1. The molecule has 0 heterocycles. The summed E-state index contributed by atoms with van der Waals surface area (Å²) in [6.07, 6.45) is 8.86. The zero-order chi connectivity index (χ0) is 30.6. The van der Waals surface area contributed by atoms with Crippen molar-refractivity contribution < 1.29 is 21.3 Å². The average Bonchev–Trinajstić information content (AvgIpc) is 3.50. The van der Waals surface area contributed by atoms with Crippen LogP contribution in [0, 0.1) is 11.3 Å². The summed E-state index contributed by atoms with van der Waals surface area (Å²) in [4.78, 5) is 0. The molecular weight excluding hydrogens is 584 g/mol. The van der Waals surface area contributed by atoms with Crippen LogP contribution in [0.5, 0.6) is 0 Å². The van der Waals surface area contributed by atoms with Gasteiger partial charge in [0.05, 0.1) is 0 Å². The number of hydrogen-bond donors (Lipinski definition) is 0. The summed E-state index contributed by atoms with van der Waals surface area (Å²) in [5, 5.41) is 0. The zero-order valence-corrected chi connectivity index (χ0v) is 30.6. The molecule has 0 amide bonds. The van der Waals surface area contributed by atoms with Crippen LogP contribution < -0.4 is 3.27 Å². The Morgan fingerprint density at radius 3 is 2.05 bits per heavy atom. The van der Waals surface area contributed by atoms with Crippen molar-refractivity contribution in [2.24, 2.45) is 11.3 Å². The summed E-state index contributed by atoms with van der Waals surface area (Å²) in [6, 6.07) is 23.7. The van der Waals surface area contributed by atoms with Gasteiger partial charge in [0.2, 0.25) is 0 Å². The van der Waals surface area contributed by atoms with Gasteiger partial charge in [-0.15, -0.1) is 0 Å². The average molecular weight is 636 g/mol. The Bertz CT molecular complexity index is 1590. The Morgan fingerprint density at radius 1 is 0.786 bits per heavy atom. The molecule has 0 nitrogen and oxygen atoms in total. The zero-order valence-electron chi connectivity index (χ0n) is 28.1. The predicted octanol–water partition coefficient (Wildman–Crippen LogP) is 10.6. The molecular formula is C41H52Zr. The van der Waals surface area contributed by atoms with Crippen molar-refractivity contribution in [2.45, 2.75) is 106 Å². The van der Waals surface area contributed by atoms with E-state index in [4.69, 9.17) is 0 Å². The van der Waals surface area contributed by atoms with Gasteiger partial charge in [-0.25, -0.2) is 0 Å². The SMILES string of the molecule is CCCC1C=C(C(C)(C)C)C=[C]1/[Zr](=[C](\C)c1ccccc1)[c]1c(C(C)(C)C)ccc2c1Cc1cc(C(C)(C)C)ccc1-2. The van der Waals surface area contributed by atoms with E-state index in [2.05, 4.69) is 149 Å². The summed E-state index contributed by atoms with van der Waals surface area (Å²) >= 11 is -2.65. The third-order valence-corrected chi connectivity index (χ3v) is 17.3. The monoisotopic (exact) mass is 634 g/mol. The van der Waals surface area contributed by atoms with Crippen LogP contribution in [0.4, 0.5) is 0 Å². The molecule has 0 aromatic heterocycles. The third-order valence-electron chi connectivity index (χ3n) is 9.43. The van der Waals surface area contributed by atoms with E-state index < -0.39 is 21.3 Å². The van der Waals surface area contributed by atoms with Gasteiger partial charge in [0.25, 0.3) is 0 Å². The molecule has 0 saturated heterocycles. The minimum absolute atomic E-state index is 0.0815. The van der Waals surface area contributed by atoms with Gasteiger partial charge in [-0.05, 0) is 0 Å². The van der Waals surface area contributed by atoms with Crippen molar-refractivity contribution in [1.29, 1.82) is 0 Å². The first kappa shape index (κ1) is 31.3.